The second-order valence-electron chi connectivity index (χ2n) is 3.74. The van der Waals surface area contributed by atoms with Crippen LogP contribution in [0.1, 0.15) is 13.3 Å². The minimum absolute atomic E-state index is 0.0575. The Hall–Kier alpha value is -0.0951. The molecule has 0 aliphatic carbocycles. The fourth-order valence-corrected chi connectivity index (χ4v) is 1.50. The van der Waals surface area contributed by atoms with Gasteiger partial charge in [-0.3, -0.25) is 0 Å². The van der Waals surface area contributed by atoms with Gasteiger partial charge in [0.05, 0.1) is 12.7 Å². The third-order valence-electron chi connectivity index (χ3n) is 2.68. The lowest BCUT2D eigenvalue weighted by Crippen LogP contribution is -2.35. The molecule has 86 valence electrons. The van der Waals surface area contributed by atoms with Crippen LogP contribution >= 0.6 is 0 Å². The molecule has 1 fully saturated rings. The lowest BCUT2D eigenvalue weighted by Gasteiger charge is -2.21. The molecule has 0 aromatic rings. The average Bonchev–Trinajstić information content (AvgIpc) is 2.60. The summed E-state index contributed by atoms with van der Waals surface area (Å²) >= 11 is 0. The Morgan fingerprint density at radius 3 is 2.80 bits per heavy atom. The van der Waals surface area contributed by atoms with Crippen LogP contribution in [0.2, 0.25) is 0 Å². The molecule has 5 heteroatoms. The van der Waals surface area contributed by atoms with Crippen LogP contribution in [0.25, 0.3) is 0 Å². The Labute approximate surface area is 92.6 Å². The van der Waals surface area contributed by atoms with E-state index in [0.29, 0.717) is 13.2 Å². The van der Waals surface area contributed by atoms with Gasteiger partial charge in [-0.25, -0.2) is 0 Å². The van der Waals surface area contributed by atoms with Crippen LogP contribution in [0.4, 0.5) is 0 Å². The van der Waals surface area contributed by atoms with E-state index in [4.69, 9.17) is 26.8 Å². The highest BCUT2D eigenvalue weighted by Gasteiger charge is 2.34. The molecule has 0 N–H and O–H groups in total. The summed E-state index contributed by atoms with van der Waals surface area (Å²) in [6.45, 7) is 3.11. The normalized spacial score (nSPS) is 33.1. The van der Waals surface area contributed by atoms with Crippen molar-refractivity contribution >= 4 is 7.85 Å². The molecule has 0 aromatic heterocycles. The average molecular weight is 214 g/mol. The van der Waals surface area contributed by atoms with E-state index in [0.717, 1.165) is 6.42 Å². The molecule has 15 heavy (non-hydrogen) atoms. The number of methoxy groups -OCH3 is 2. The highest BCUT2D eigenvalue weighted by Crippen LogP contribution is 2.18. The molecule has 0 spiro atoms. The van der Waals surface area contributed by atoms with Crippen LogP contribution in [-0.4, -0.2) is 59.6 Å². The van der Waals surface area contributed by atoms with Crippen molar-refractivity contribution in [1.82, 2.24) is 0 Å². The fraction of sp³-hybridized carbons (Fsp3) is 1.00. The summed E-state index contributed by atoms with van der Waals surface area (Å²) in [6, 6.07) is -0.382. The predicted molar refractivity (Wildman–Crippen MR) is 57.1 cm³/mol. The van der Waals surface area contributed by atoms with Crippen LogP contribution in [-0.2, 0) is 18.9 Å². The van der Waals surface area contributed by atoms with Gasteiger partial charge in [0.25, 0.3) is 0 Å². The Kier molecular flexibility index (Phi) is 5.60. The van der Waals surface area contributed by atoms with Gasteiger partial charge in [0.1, 0.15) is 20.1 Å². The van der Waals surface area contributed by atoms with Crippen LogP contribution in [0.3, 0.4) is 0 Å². The number of rotatable bonds is 6. The summed E-state index contributed by atoms with van der Waals surface area (Å²) in [5.74, 6) is 0. The van der Waals surface area contributed by atoms with Crippen LogP contribution in [0, 0.1) is 0 Å². The van der Waals surface area contributed by atoms with Gasteiger partial charge in [0.15, 0.2) is 0 Å². The van der Waals surface area contributed by atoms with E-state index < -0.39 is 0 Å². The molecule has 0 saturated carbocycles. The zero-order valence-electron chi connectivity index (χ0n) is 9.64. The van der Waals surface area contributed by atoms with Crippen LogP contribution in [0.15, 0.2) is 0 Å². The van der Waals surface area contributed by atoms with Gasteiger partial charge >= 0.3 is 0 Å². The SMILES string of the molecule is [B][C@@H]1OC[C@H](OC)C1OCCC(C)OC. The third-order valence-corrected chi connectivity index (χ3v) is 2.68. The van der Waals surface area contributed by atoms with E-state index in [1.165, 1.54) is 0 Å². The maximum atomic E-state index is 5.74. The molecule has 0 aromatic carbocycles. The highest BCUT2D eigenvalue weighted by atomic mass is 16.6. The molecular weight excluding hydrogens is 195 g/mol. The standard InChI is InChI=1S/C10H19BO4/c1-7(12-2)4-5-14-9-8(13-3)6-15-10(9)11/h7-10H,4-6H2,1-3H3/t7?,8-,9?,10+/m0/s1. The quantitative estimate of drug-likeness (QED) is 0.597. The molecule has 0 amide bonds. The summed E-state index contributed by atoms with van der Waals surface area (Å²) in [5, 5.41) is 0. The lowest BCUT2D eigenvalue weighted by molar-refractivity contribution is -0.0443. The Morgan fingerprint density at radius 1 is 1.47 bits per heavy atom. The lowest BCUT2D eigenvalue weighted by atomic mass is 9.93. The molecule has 1 heterocycles. The van der Waals surface area contributed by atoms with Gasteiger partial charge < -0.3 is 18.9 Å². The molecule has 0 bridgehead atoms. The maximum Gasteiger partial charge on any atom is 0.112 e. The second kappa shape index (κ2) is 6.48. The molecule has 2 radical (unpaired) electrons. The second-order valence-corrected chi connectivity index (χ2v) is 3.74. The summed E-state index contributed by atoms with van der Waals surface area (Å²) in [7, 11) is 9.06. The molecule has 4 nitrogen and oxygen atoms in total. The number of ether oxygens (including phenoxy) is 4. The molecule has 1 aliphatic heterocycles. The van der Waals surface area contributed by atoms with Gasteiger partial charge in [-0.05, 0) is 13.3 Å². The first-order valence-corrected chi connectivity index (χ1v) is 5.23. The van der Waals surface area contributed by atoms with E-state index in [1.54, 1.807) is 14.2 Å². The maximum absolute atomic E-state index is 5.74. The molecular formula is C10H19BO4. The smallest absolute Gasteiger partial charge is 0.112 e. The summed E-state index contributed by atoms with van der Waals surface area (Å²) < 4.78 is 21.2. The first-order valence-electron chi connectivity index (χ1n) is 5.23. The molecule has 1 aliphatic rings. The zero-order chi connectivity index (χ0) is 11.3. The largest absolute Gasteiger partial charge is 0.382 e. The van der Waals surface area contributed by atoms with Crippen molar-refractivity contribution < 1.29 is 18.9 Å². The predicted octanol–water partition coefficient (Wildman–Crippen LogP) is 0.336. The number of hydrogen-bond acceptors (Lipinski definition) is 4. The van der Waals surface area contributed by atoms with Gasteiger partial charge in [-0.15, -0.1) is 0 Å². The van der Waals surface area contributed by atoms with E-state index in [9.17, 15) is 0 Å². The fourth-order valence-electron chi connectivity index (χ4n) is 1.50. The van der Waals surface area contributed by atoms with Crippen LogP contribution in [0.5, 0.6) is 0 Å². The van der Waals surface area contributed by atoms with Crippen molar-refractivity contribution in [1.29, 1.82) is 0 Å². The monoisotopic (exact) mass is 214 g/mol. The molecule has 2 unspecified atom stereocenters. The van der Waals surface area contributed by atoms with Gasteiger partial charge in [-0.1, -0.05) is 0 Å². The summed E-state index contributed by atoms with van der Waals surface area (Å²) in [6.07, 6.45) is 0.817. The van der Waals surface area contributed by atoms with Crippen molar-refractivity contribution in [2.75, 3.05) is 27.4 Å². The van der Waals surface area contributed by atoms with Gasteiger partial charge in [-0.2, -0.15) is 0 Å². The molecule has 4 atom stereocenters. The Morgan fingerprint density at radius 2 is 2.20 bits per heavy atom. The van der Waals surface area contributed by atoms with E-state index in [2.05, 4.69) is 0 Å². The Bertz CT molecular complexity index is 179. The van der Waals surface area contributed by atoms with E-state index in [-0.39, 0.29) is 24.3 Å². The molecule has 1 saturated heterocycles. The van der Waals surface area contributed by atoms with Crippen molar-refractivity contribution in [3.63, 3.8) is 0 Å². The van der Waals surface area contributed by atoms with Crippen molar-refractivity contribution in [2.24, 2.45) is 0 Å². The van der Waals surface area contributed by atoms with Crippen molar-refractivity contribution in [3.8, 4) is 0 Å². The first kappa shape index (κ1) is 13.0. The minimum Gasteiger partial charge on any atom is -0.382 e. The van der Waals surface area contributed by atoms with Crippen molar-refractivity contribution in [2.45, 2.75) is 37.7 Å². The number of hydrogen-bond donors (Lipinski definition) is 0. The highest BCUT2D eigenvalue weighted by molar-refractivity contribution is 6.11. The Balaban J connectivity index is 2.24. The third kappa shape index (κ3) is 3.76. The van der Waals surface area contributed by atoms with E-state index in [1.807, 2.05) is 6.92 Å². The zero-order valence-corrected chi connectivity index (χ0v) is 9.64. The van der Waals surface area contributed by atoms with Gasteiger partial charge in [0.2, 0.25) is 0 Å². The first-order chi connectivity index (χ1) is 7.19. The molecule has 1 rings (SSSR count). The van der Waals surface area contributed by atoms with Crippen LogP contribution < -0.4 is 0 Å². The van der Waals surface area contributed by atoms with Crippen molar-refractivity contribution in [3.05, 3.63) is 0 Å². The van der Waals surface area contributed by atoms with E-state index >= 15 is 0 Å². The van der Waals surface area contributed by atoms with Gasteiger partial charge in [0, 0.05) is 26.8 Å². The summed E-state index contributed by atoms with van der Waals surface area (Å²) in [5.41, 5.74) is 0. The topological polar surface area (TPSA) is 36.9 Å². The summed E-state index contributed by atoms with van der Waals surface area (Å²) in [4.78, 5) is 0. The minimum atomic E-state index is -0.382.